The van der Waals surface area contributed by atoms with Crippen molar-refractivity contribution in [3.8, 4) is 22.4 Å². The summed E-state index contributed by atoms with van der Waals surface area (Å²) in [6.45, 7) is 1.98. The van der Waals surface area contributed by atoms with Gasteiger partial charge >= 0.3 is 0 Å². The summed E-state index contributed by atoms with van der Waals surface area (Å²) in [5.74, 6) is -0.113. The molecule has 21 heavy (non-hydrogen) atoms. The van der Waals surface area contributed by atoms with Crippen molar-refractivity contribution in [2.45, 2.75) is 6.92 Å². The lowest BCUT2D eigenvalue weighted by Crippen LogP contribution is -1.92. The number of aryl methyl sites for hydroxylation is 1. The van der Waals surface area contributed by atoms with Gasteiger partial charge in [-0.15, -0.1) is 0 Å². The Bertz CT molecular complexity index is 811. The first kappa shape index (κ1) is 13.6. The maximum absolute atomic E-state index is 13.7. The fourth-order valence-corrected chi connectivity index (χ4v) is 2.59. The first-order valence-electron chi connectivity index (χ1n) is 6.44. The molecule has 1 heterocycles. The monoisotopic (exact) mass is 301 g/mol. The number of nitrogens with one attached hydrogen (secondary N) is 1. The number of hydrogen-bond acceptors (Lipinski definition) is 2. The van der Waals surface area contributed by atoms with Gasteiger partial charge in [-0.25, -0.2) is 4.39 Å². The van der Waals surface area contributed by atoms with Crippen molar-refractivity contribution in [2.24, 2.45) is 0 Å². The Kier molecular flexibility index (Phi) is 3.39. The standard InChI is InChI=1S/C16H13ClFN3/c1-9-5-2-3-6-10(9)13-15(20-21-16(13)19)11-7-4-8-12(18)14(11)17/h2-8H,1H3,(H3,19,20,21). The molecule has 0 amide bonds. The third-order valence-electron chi connectivity index (χ3n) is 3.43. The third kappa shape index (κ3) is 2.28. The topological polar surface area (TPSA) is 54.7 Å². The number of hydrogen-bond donors (Lipinski definition) is 2. The SMILES string of the molecule is Cc1ccccc1-c1c(N)n[nH]c1-c1cccc(F)c1Cl. The number of aromatic amines is 1. The number of anilines is 1. The summed E-state index contributed by atoms with van der Waals surface area (Å²) in [4.78, 5) is 0. The Hall–Kier alpha value is -2.33. The molecule has 0 bridgehead atoms. The molecule has 0 aliphatic carbocycles. The lowest BCUT2D eigenvalue weighted by molar-refractivity contribution is 0.628. The van der Waals surface area contributed by atoms with E-state index in [1.807, 2.05) is 31.2 Å². The molecule has 3 aromatic rings. The Morgan fingerprint density at radius 1 is 1.10 bits per heavy atom. The largest absolute Gasteiger partial charge is 0.382 e. The molecule has 3 N–H and O–H groups in total. The zero-order valence-electron chi connectivity index (χ0n) is 11.3. The quantitative estimate of drug-likeness (QED) is 0.736. The summed E-state index contributed by atoms with van der Waals surface area (Å²) in [6, 6.07) is 12.5. The van der Waals surface area contributed by atoms with Crippen LogP contribution in [0.25, 0.3) is 22.4 Å². The predicted octanol–water partition coefficient (Wildman–Crippen LogP) is 4.43. The zero-order valence-corrected chi connectivity index (χ0v) is 12.1. The number of rotatable bonds is 2. The predicted molar refractivity (Wildman–Crippen MR) is 83.6 cm³/mol. The van der Waals surface area contributed by atoms with Crippen molar-refractivity contribution >= 4 is 17.4 Å². The second kappa shape index (κ2) is 5.22. The van der Waals surface area contributed by atoms with Crippen LogP contribution >= 0.6 is 11.6 Å². The van der Waals surface area contributed by atoms with Crippen LogP contribution in [-0.4, -0.2) is 10.2 Å². The average molecular weight is 302 g/mol. The molecule has 3 rings (SSSR count). The van der Waals surface area contributed by atoms with Crippen LogP contribution in [0.3, 0.4) is 0 Å². The van der Waals surface area contributed by atoms with Crippen LogP contribution in [-0.2, 0) is 0 Å². The summed E-state index contributed by atoms with van der Waals surface area (Å²) in [5.41, 5.74) is 9.88. The third-order valence-corrected chi connectivity index (χ3v) is 3.81. The van der Waals surface area contributed by atoms with E-state index in [0.717, 1.165) is 16.7 Å². The summed E-state index contributed by atoms with van der Waals surface area (Å²) in [6.07, 6.45) is 0. The van der Waals surface area contributed by atoms with Gasteiger partial charge in [0.05, 0.1) is 16.3 Å². The van der Waals surface area contributed by atoms with Crippen LogP contribution in [0.15, 0.2) is 42.5 Å². The van der Waals surface area contributed by atoms with Gasteiger partial charge < -0.3 is 5.73 Å². The van der Waals surface area contributed by atoms with Gasteiger partial charge in [-0.3, -0.25) is 5.10 Å². The van der Waals surface area contributed by atoms with Crippen LogP contribution in [0, 0.1) is 12.7 Å². The van der Waals surface area contributed by atoms with Crippen molar-refractivity contribution in [1.82, 2.24) is 10.2 Å². The highest BCUT2D eigenvalue weighted by molar-refractivity contribution is 6.33. The van der Waals surface area contributed by atoms with Gasteiger partial charge in [-0.2, -0.15) is 5.10 Å². The van der Waals surface area contributed by atoms with Crippen LogP contribution in [0.5, 0.6) is 0 Å². The molecule has 2 aromatic carbocycles. The molecule has 1 aromatic heterocycles. The fourth-order valence-electron chi connectivity index (χ4n) is 2.37. The highest BCUT2D eigenvalue weighted by atomic mass is 35.5. The maximum Gasteiger partial charge on any atom is 0.153 e. The minimum absolute atomic E-state index is 0.0518. The van der Waals surface area contributed by atoms with Crippen molar-refractivity contribution in [3.63, 3.8) is 0 Å². The summed E-state index contributed by atoms with van der Waals surface area (Å²) < 4.78 is 13.7. The molecule has 0 spiro atoms. The number of H-pyrrole nitrogens is 1. The van der Waals surface area contributed by atoms with E-state index in [-0.39, 0.29) is 5.02 Å². The van der Waals surface area contributed by atoms with Crippen molar-refractivity contribution < 1.29 is 4.39 Å². The van der Waals surface area contributed by atoms with E-state index in [0.29, 0.717) is 17.1 Å². The Morgan fingerprint density at radius 3 is 2.57 bits per heavy atom. The maximum atomic E-state index is 13.7. The second-order valence-corrected chi connectivity index (χ2v) is 5.15. The fraction of sp³-hybridized carbons (Fsp3) is 0.0625. The molecule has 0 saturated heterocycles. The minimum atomic E-state index is -0.474. The highest BCUT2D eigenvalue weighted by Gasteiger charge is 2.19. The first-order chi connectivity index (χ1) is 10.1. The molecule has 0 aliphatic heterocycles. The van der Waals surface area contributed by atoms with Gasteiger partial charge in [0.2, 0.25) is 0 Å². The molecule has 5 heteroatoms. The Balaban J connectivity index is 2.28. The number of halogens is 2. The van der Waals surface area contributed by atoms with Gasteiger partial charge in [0, 0.05) is 5.56 Å². The Morgan fingerprint density at radius 2 is 1.81 bits per heavy atom. The summed E-state index contributed by atoms with van der Waals surface area (Å²) in [5, 5.41) is 6.96. The first-order valence-corrected chi connectivity index (χ1v) is 6.81. The molecule has 0 unspecified atom stereocenters. The van der Waals surface area contributed by atoms with E-state index < -0.39 is 5.82 Å². The summed E-state index contributed by atoms with van der Waals surface area (Å²) in [7, 11) is 0. The van der Waals surface area contributed by atoms with E-state index in [1.54, 1.807) is 12.1 Å². The van der Waals surface area contributed by atoms with E-state index in [1.165, 1.54) is 6.07 Å². The lowest BCUT2D eigenvalue weighted by Gasteiger charge is -2.09. The number of aromatic nitrogens is 2. The van der Waals surface area contributed by atoms with Crippen LogP contribution in [0.1, 0.15) is 5.56 Å². The Labute approximate surface area is 126 Å². The van der Waals surface area contributed by atoms with Crippen LogP contribution in [0.2, 0.25) is 5.02 Å². The summed E-state index contributed by atoms with van der Waals surface area (Å²) >= 11 is 6.07. The lowest BCUT2D eigenvalue weighted by atomic mass is 9.97. The average Bonchev–Trinajstić information content (AvgIpc) is 2.84. The highest BCUT2D eigenvalue weighted by Crippen LogP contribution is 2.39. The molecule has 106 valence electrons. The van der Waals surface area contributed by atoms with Crippen molar-refractivity contribution in [3.05, 3.63) is 58.9 Å². The molecule has 0 aliphatic rings. The van der Waals surface area contributed by atoms with Gasteiger partial charge in [-0.05, 0) is 24.1 Å². The molecule has 3 nitrogen and oxygen atoms in total. The van der Waals surface area contributed by atoms with Gasteiger partial charge in [-0.1, -0.05) is 48.0 Å². The molecule has 0 fully saturated rings. The molecular weight excluding hydrogens is 289 g/mol. The van der Waals surface area contributed by atoms with E-state index in [2.05, 4.69) is 10.2 Å². The van der Waals surface area contributed by atoms with E-state index in [4.69, 9.17) is 17.3 Å². The molecular formula is C16H13ClFN3. The van der Waals surface area contributed by atoms with E-state index >= 15 is 0 Å². The smallest absolute Gasteiger partial charge is 0.153 e. The number of nitrogens with two attached hydrogens (primary N) is 1. The molecule has 0 radical (unpaired) electrons. The van der Waals surface area contributed by atoms with Gasteiger partial charge in [0.25, 0.3) is 0 Å². The van der Waals surface area contributed by atoms with Crippen LogP contribution in [0.4, 0.5) is 10.2 Å². The molecule has 0 saturated carbocycles. The second-order valence-electron chi connectivity index (χ2n) is 4.78. The zero-order chi connectivity index (χ0) is 15.0. The van der Waals surface area contributed by atoms with Crippen molar-refractivity contribution in [1.29, 1.82) is 0 Å². The van der Waals surface area contributed by atoms with Crippen LogP contribution < -0.4 is 5.73 Å². The molecule has 0 atom stereocenters. The number of nitrogen functional groups attached to an aromatic ring is 1. The number of benzene rings is 2. The van der Waals surface area contributed by atoms with E-state index in [9.17, 15) is 4.39 Å². The number of nitrogens with zero attached hydrogens (tertiary/aromatic N) is 1. The van der Waals surface area contributed by atoms with Gasteiger partial charge in [0.1, 0.15) is 5.82 Å². The van der Waals surface area contributed by atoms with Crippen molar-refractivity contribution in [2.75, 3.05) is 5.73 Å². The normalized spacial score (nSPS) is 10.8. The minimum Gasteiger partial charge on any atom is -0.382 e. The van der Waals surface area contributed by atoms with Gasteiger partial charge in [0.15, 0.2) is 5.82 Å².